The van der Waals surface area contributed by atoms with Gasteiger partial charge in [-0.05, 0) is 60.4 Å². The van der Waals surface area contributed by atoms with Crippen LogP contribution in [0.15, 0.2) is 71.6 Å². The van der Waals surface area contributed by atoms with Gasteiger partial charge in [0.15, 0.2) is 11.5 Å². The van der Waals surface area contributed by atoms with Crippen molar-refractivity contribution in [3.8, 4) is 22.6 Å². The third-order valence-corrected chi connectivity index (χ3v) is 7.57. The van der Waals surface area contributed by atoms with Crippen LogP contribution in [0.5, 0.6) is 11.5 Å². The zero-order chi connectivity index (χ0) is 23.4. The highest BCUT2D eigenvalue weighted by Crippen LogP contribution is 2.30. The Bertz CT molecular complexity index is 1250. The van der Waals surface area contributed by atoms with Crippen LogP contribution in [0.4, 0.5) is 5.69 Å². The number of sulfonamides is 1. The Morgan fingerprint density at radius 2 is 1.55 bits per heavy atom. The van der Waals surface area contributed by atoms with E-state index in [2.05, 4.69) is 5.32 Å². The van der Waals surface area contributed by atoms with E-state index in [0.717, 1.165) is 24.0 Å². The second-order valence-electron chi connectivity index (χ2n) is 7.74. The molecule has 4 rings (SSSR count). The number of ether oxygens (including phenoxy) is 2. The fraction of sp³-hybridized carbons (Fsp3) is 0.240. The molecule has 3 aromatic rings. The standard InChI is InChI=1S/C25H26N2O5S/c1-31-23-13-10-21(17-24(23)32-2)26-25(28)20-7-5-6-19(16-20)18-8-11-22(12-9-18)33(29,30)27-14-3-4-15-27/h5-13,16-17H,3-4,14-15H2,1-2H3,(H,26,28). The highest BCUT2D eigenvalue weighted by atomic mass is 32.2. The Kier molecular flexibility index (Phi) is 6.67. The molecule has 3 aromatic carbocycles. The first-order valence-electron chi connectivity index (χ1n) is 10.7. The van der Waals surface area contributed by atoms with Crippen molar-refractivity contribution in [2.45, 2.75) is 17.7 Å². The van der Waals surface area contributed by atoms with Gasteiger partial charge in [-0.2, -0.15) is 4.31 Å². The molecule has 0 unspecified atom stereocenters. The quantitative estimate of drug-likeness (QED) is 0.558. The van der Waals surface area contributed by atoms with Gasteiger partial charge in [0.25, 0.3) is 5.91 Å². The first-order chi connectivity index (χ1) is 15.9. The monoisotopic (exact) mass is 466 g/mol. The average Bonchev–Trinajstić information content (AvgIpc) is 3.40. The Hall–Kier alpha value is -3.36. The summed E-state index contributed by atoms with van der Waals surface area (Å²) in [6, 6.07) is 19.1. The summed E-state index contributed by atoms with van der Waals surface area (Å²) in [5.74, 6) is 0.831. The normalized spacial score (nSPS) is 14.1. The number of methoxy groups -OCH3 is 2. The summed E-state index contributed by atoms with van der Waals surface area (Å²) < 4.78 is 37.5. The van der Waals surface area contributed by atoms with E-state index < -0.39 is 10.0 Å². The zero-order valence-electron chi connectivity index (χ0n) is 18.6. The van der Waals surface area contributed by atoms with Crippen molar-refractivity contribution in [2.24, 2.45) is 0 Å². The molecule has 1 amide bonds. The average molecular weight is 467 g/mol. The smallest absolute Gasteiger partial charge is 0.255 e. The van der Waals surface area contributed by atoms with Crippen LogP contribution >= 0.6 is 0 Å². The molecule has 172 valence electrons. The van der Waals surface area contributed by atoms with Crippen molar-refractivity contribution in [3.63, 3.8) is 0 Å². The number of hydrogen-bond acceptors (Lipinski definition) is 5. The highest BCUT2D eigenvalue weighted by Gasteiger charge is 2.26. The number of rotatable bonds is 7. The second-order valence-corrected chi connectivity index (χ2v) is 9.68. The molecule has 1 aliphatic rings. The number of nitrogens with zero attached hydrogens (tertiary/aromatic N) is 1. The number of hydrogen-bond donors (Lipinski definition) is 1. The third kappa shape index (κ3) is 4.86. The predicted octanol–water partition coefficient (Wildman–Crippen LogP) is 4.41. The summed E-state index contributed by atoms with van der Waals surface area (Å²) in [5.41, 5.74) is 2.71. The number of benzene rings is 3. The molecule has 1 heterocycles. The number of amides is 1. The zero-order valence-corrected chi connectivity index (χ0v) is 19.4. The van der Waals surface area contributed by atoms with Crippen LogP contribution in [0, 0.1) is 0 Å². The molecule has 0 radical (unpaired) electrons. The van der Waals surface area contributed by atoms with Crippen molar-refractivity contribution in [2.75, 3.05) is 32.6 Å². The fourth-order valence-corrected chi connectivity index (χ4v) is 5.37. The molecule has 7 nitrogen and oxygen atoms in total. The molecule has 0 aromatic heterocycles. The van der Waals surface area contributed by atoms with Crippen molar-refractivity contribution < 1.29 is 22.7 Å². The van der Waals surface area contributed by atoms with Gasteiger partial charge in [0.2, 0.25) is 10.0 Å². The van der Waals surface area contributed by atoms with Crippen LogP contribution in [-0.2, 0) is 10.0 Å². The third-order valence-electron chi connectivity index (χ3n) is 5.66. The molecule has 0 aliphatic carbocycles. The van der Waals surface area contributed by atoms with Gasteiger partial charge in [0.05, 0.1) is 19.1 Å². The molecule has 1 fully saturated rings. The fourth-order valence-electron chi connectivity index (χ4n) is 3.85. The van der Waals surface area contributed by atoms with Gasteiger partial charge in [-0.1, -0.05) is 24.3 Å². The van der Waals surface area contributed by atoms with E-state index in [-0.39, 0.29) is 10.8 Å². The van der Waals surface area contributed by atoms with Crippen molar-refractivity contribution in [1.82, 2.24) is 4.31 Å². The van der Waals surface area contributed by atoms with Crippen molar-refractivity contribution >= 4 is 21.6 Å². The Balaban J connectivity index is 1.52. The van der Waals surface area contributed by atoms with Crippen LogP contribution in [0.2, 0.25) is 0 Å². The highest BCUT2D eigenvalue weighted by molar-refractivity contribution is 7.89. The van der Waals surface area contributed by atoms with E-state index >= 15 is 0 Å². The molecule has 8 heteroatoms. The first kappa shape index (κ1) is 22.8. The van der Waals surface area contributed by atoms with E-state index in [1.807, 2.05) is 6.07 Å². The summed E-state index contributed by atoms with van der Waals surface area (Å²) >= 11 is 0. The molecule has 33 heavy (non-hydrogen) atoms. The maximum absolute atomic E-state index is 12.8. The molecule has 0 bridgehead atoms. The number of anilines is 1. The Morgan fingerprint density at radius 3 is 2.21 bits per heavy atom. The maximum atomic E-state index is 12.8. The number of carbonyl (C=O) groups is 1. The van der Waals surface area contributed by atoms with Crippen LogP contribution in [-0.4, -0.2) is 45.9 Å². The number of carbonyl (C=O) groups excluding carboxylic acids is 1. The summed E-state index contributed by atoms with van der Waals surface area (Å²) in [7, 11) is -0.367. The van der Waals surface area contributed by atoms with Gasteiger partial charge in [-0.25, -0.2) is 8.42 Å². The van der Waals surface area contributed by atoms with E-state index in [1.54, 1.807) is 67.8 Å². The van der Waals surface area contributed by atoms with Crippen LogP contribution in [0.25, 0.3) is 11.1 Å². The lowest BCUT2D eigenvalue weighted by Crippen LogP contribution is -2.27. The molecule has 1 saturated heterocycles. The minimum Gasteiger partial charge on any atom is -0.493 e. The first-order valence-corrected chi connectivity index (χ1v) is 12.1. The largest absolute Gasteiger partial charge is 0.493 e. The summed E-state index contributed by atoms with van der Waals surface area (Å²) in [6.07, 6.45) is 1.80. The van der Waals surface area contributed by atoms with Crippen LogP contribution in [0.1, 0.15) is 23.2 Å². The topological polar surface area (TPSA) is 84.9 Å². The van der Waals surface area contributed by atoms with Crippen molar-refractivity contribution in [3.05, 3.63) is 72.3 Å². The second kappa shape index (κ2) is 9.64. The van der Waals surface area contributed by atoms with E-state index in [4.69, 9.17) is 9.47 Å². The van der Waals surface area contributed by atoms with Gasteiger partial charge >= 0.3 is 0 Å². The van der Waals surface area contributed by atoms with Gasteiger partial charge in [0, 0.05) is 30.4 Å². The lowest BCUT2D eigenvalue weighted by Gasteiger charge is -2.15. The summed E-state index contributed by atoms with van der Waals surface area (Å²) in [4.78, 5) is 13.1. The predicted molar refractivity (Wildman–Crippen MR) is 127 cm³/mol. The van der Waals surface area contributed by atoms with Gasteiger partial charge in [-0.3, -0.25) is 4.79 Å². The van der Waals surface area contributed by atoms with Crippen molar-refractivity contribution in [1.29, 1.82) is 0 Å². The molecule has 1 N–H and O–H groups in total. The van der Waals surface area contributed by atoms with Crippen LogP contribution in [0.3, 0.4) is 0 Å². The molecule has 0 atom stereocenters. The Morgan fingerprint density at radius 1 is 0.848 bits per heavy atom. The minimum atomic E-state index is -3.45. The molecule has 1 aliphatic heterocycles. The lowest BCUT2D eigenvalue weighted by molar-refractivity contribution is 0.102. The Labute approximate surface area is 194 Å². The minimum absolute atomic E-state index is 0.266. The summed E-state index contributed by atoms with van der Waals surface area (Å²) in [6.45, 7) is 1.14. The van der Waals surface area contributed by atoms with Crippen LogP contribution < -0.4 is 14.8 Å². The maximum Gasteiger partial charge on any atom is 0.255 e. The molecule has 0 saturated carbocycles. The lowest BCUT2D eigenvalue weighted by atomic mass is 10.0. The molecular formula is C25H26N2O5S. The van der Waals surface area contributed by atoms with Gasteiger partial charge < -0.3 is 14.8 Å². The molecule has 0 spiro atoms. The van der Waals surface area contributed by atoms with Gasteiger partial charge in [-0.15, -0.1) is 0 Å². The molecular weight excluding hydrogens is 440 g/mol. The van der Waals surface area contributed by atoms with E-state index in [9.17, 15) is 13.2 Å². The van der Waals surface area contributed by atoms with Gasteiger partial charge in [0.1, 0.15) is 0 Å². The number of nitrogens with one attached hydrogen (secondary N) is 1. The SMILES string of the molecule is COc1ccc(NC(=O)c2cccc(-c3ccc(S(=O)(=O)N4CCCC4)cc3)c2)cc1OC. The summed E-state index contributed by atoms with van der Waals surface area (Å²) in [5, 5.41) is 2.86. The van der Waals surface area contributed by atoms with E-state index in [1.165, 1.54) is 11.4 Å². The van der Waals surface area contributed by atoms with E-state index in [0.29, 0.717) is 35.8 Å².